The molecule has 0 aromatic heterocycles. The first kappa shape index (κ1) is 13.3. The summed E-state index contributed by atoms with van der Waals surface area (Å²) in [6.07, 6.45) is 1.98. The number of ether oxygens (including phenoxy) is 1. The quantitative estimate of drug-likeness (QED) is 0.726. The van der Waals surface area contributed by atoms with Crippen molar-refractivity contribution < 1.29 is 9.53 Å². The van der Waals surface area contributed by atoms with E-state index in [1.165, 1.54) is 0 Å². The first-order valence-corrected chi connectivity index (χ1v) is 5.77. The van der Waals surface area contributed by atoms with Gasteiger partial charge in [0, 0.05) is 19.8 Å². The summed E-state index contributed by atoms with van der Waals surface area (Å²) in [6.45, 7) is 9.09. The highest BCUT2D eigenvalue weighted by atomic mass is 16.5. The van der Waals surface area contributed by atoms with Crippen molar-refractivity contribution in [2.45, 2.75) is 13.8 Å². The summed E-state index contributed by atoms with van der Waals surface area (Å²) in [6, 6.07) is 5.52. The maximum atomic E-state index is 11.7. The van der Waals surface area contributed by atoms with Gasteiger partial charge in [-0.1, -0.05) is 18.7 Å². The van der Waals surface area contributed by atoms with E-state index in [2.05, 4.69) is 13.5 Å². The van der Waals surface area contributed by atoms with Gasteiger partial charge in [-0.15, -0.1) is 0 Å². The van der Waals surface area contributed by atoms with Crippen LogP contribution in [0, 0.1) is 0 Å². The van der Waals surface area contributed by atoms with E-state index in [4.69, 9.17) is 4.74 Å². The normalized spacial score (nSPS) is 11.4. The Balaban J connectivity index is 3.21. The van der Waals surface area contributed by atoms with Crippen LogP contribution in [0.4, 0.5) is 0 Å². The van der Waals surface area contributed by atoms with Gasteiger partial charge < -0.3 is 9.64 Å². The highest BCUT2D eigenvalue weighted by Gasteiger charge is 2.07. The van der Waals surface area contributed by atoms with Gasteiger partial charge in [-0.2, -0.15) is 0 Å². The Labute approximate surface area is 102 Å². The van der Waals surface area contributed by atoms with Crippen LogP contribution < -0.4 is 10.4 Å². The summed E-state index contributed by atoms with van der Waals surface area (Å²) in [5, 5.41) is 1.66. The Kier molecular flexibility index (Phi) is 4.76. The summed E-state index contributed by atoms with van der Waals surface area (Å²) < 4.78 is 4.99. The largest absolute Gasteiger partial charge is 0.462 e. The predicted octanol–water partition coefficient (Wildman–Crippen LogP) is 0.963. The summed E-state index contributed by atoms with van der Waals surface area (Å²) >= 11 is 0. The fourth-order valence-corrected chi connectivity index (χ4v) is 1.45. The second kappa shape index (κ2) is 6.09. The molecule has 0 amide bonds. The molecule has 1 aromatic rings. The van der Waals surface area contributed by atoms with Crippen molar-refractivity contribution in [3.05, 3.63) is 34.2 Å². The summed E-state index contributed by atoms with van der Waals surface area (Å²) in [7, 11) is 1.98. The van der Waals surface area contributed by atoms with Crippen LogP contribution in [0.3, 0.4) is 0 Å². The second-order valence-electron chi connectivity index (χ2n) is 3.80. The summed E-state index contributed by atoms with van der Waals surface area (Å²) in [5.41, 5.74) is 0.533. The van der Waals surface area contributed by atoms with Crippen LogP contribution in [-0.2, 0) is 4.74 Å². The van der Waals surface area contributed by atoms with E-state index < -0.39 is 0 Å². The maximum Gasteiger partial charge on any atom is 0.338 e. The van der Waals surface area contributed by atoms with Gasteiger partial charge in [-0.05, 0) is 30.4 Å². The average molecular weight is 233 g/mol. The molecular weight excluding hydrogens is 214 g/mol. The minimum Gasteiger partial charge on any atom is -0.462 e. The van der Waals surface area contributed by atoms with Gasteiger partial charge in [0.15, 0.2) is 0 Å². The van der Waals surface area contributed by atoms with Gasteiger partial charge >= 0.3 is 5.97 Å². The first-order chi connectivity index (χ1) is 8.10. The molecule has 3 nitrogen and oxygen atoms in total. The minimum atomic E-state index is -0.313. The molecule has 0 N–H and O–H groups in total. The van der Waals surface area contributed by atoms with Crippen LogP contribution in [0.2, 0.25) is 0 Å². The number of hydrogen-bond donors (Lipinski definition) is 0. The molecule has 3 heteroatoms. The Morgan fingerprint density at radius 2 is 2.18 bits per heavy atom. The molecule has 0 aliphatic carbocycles. The molecule has 17 heavy (non-hydrogen) atoms. The lowest BCUT2D eigenvalue weighted by Crippen LogP contribution is -2.32. The zero-order valence-corrected chi connectivity index (χ0v) is 10.7. The fraction of sp³-hybridized carbons (Fsp3) is 0.357. The number of carbonyl (C=O) groups excluding carboxylic acids is 1. The third-order valence-electron chi connectivity index (χ3n) is 2.57. The summed E-state index contributed by atoms with van der Waals surface area (Å²) in [4.78, 5) is 13.7. The Morgan fingerprint density at radius 1 is 1.47 bits per heavy atom. The lowest BCUT2D eigenvalue weighted by Gasteiger charge is -2.10. The summed E-state index contributed by atoms with van der Waals surface area (Å²) in [5.74, 6) is -0.313. The molecule has 1 aromatic carbocycles. The Hall–Kier alpha value is -1.77. The topological polar surface area (TPSA) is 29.5 Å². The maximum absolute atomic E-state index is 11.7. The highest BCUT2D eigenvalue weighted by Crippen LogP contribution is 1.93. The molecule has 0 atom stereocenters. The van der Waals surface area contributed by atoms with Gasteiger partial charge in [0.1, 0.15) is 0 Å². The lowest BCUT2D eigenvalue weighted by atomic mass is 10.1. The third kappa shape index (κ3) is 3.34. The van der Waals surface area contributed by atoms with E-state index in [0.29, 0.717) is 17.4 Å². The van der Waals surface area contributed by atoms with Crippen LogP contribution in [0.25, 0.3) is 12.8 Å². The monoisotopic (exact) mass is 233 g/mol. The van der Waals surface area contributed by atoms with E-state index in [1.807, 2.05) is 30.3 Å². The zero-order chi connectivity index (χ0) is 12.8. The van der Waals surface area contributed by atoms with Crippen LogP contribution >= 0.6 is 0 Å². The molecule has 92 valence electrons. The highest BCUT2D eigenvalue weighted by molar-refractivity contribution is 5.89. The van der Waals surface area contributed by atoms with Crippen molar-refractivity contribution in [3.8, 4) is 0 Å². The fourth-order valence-electron chi connectivity index (χ4n) is 1.45. The standard InChI is InChI=1S/C14H19NO2/c1-5-15(4)10-12-8-7-9-13(11(12)3)14(16)17-6-2/h7-10H,3,5-6H2,1-2,4H3/b12-10-. The number of carbonyl (C=O) groups is 1. The molecule has 0 aliphatic heterocycles. The predicted molar refractivity (Wildman–Crippen MR) is 69.9 cm³/mol. The molecule has 1 rings (SSSR count). The number of benzene rings is 1. The van der Waals surface area contributed by atoms with Crippen molar-refractivity contribution >= 4 is 18.7 Å². The van der Waals surface area contributed by atoms with Crippen molar-refractivity contribution in [1.82, 2.24) is 4.90 Å². The van der Waals surface area contributed by atoms with Crippen molar-refractivity contribution in [3.63, 3.8) is 0 Å². The lowest BCUT2D eigenvalue weighted by molar-refractivity contribution is 0.0525. The van der Waals surface area contributed by atoms with E-state index >= 15 is 0 Å². The van der Waals surface area contributed by atoms with Gasteiger partial charge in [-0.3, -0.25) is 0 Å². The molecule has 0 spiro atoms. The Bertz CT molecular complexity index is 493. The molecular formula is C14H19NO2. The molecule has 0 saturated heterocycles. The van der Waals surface area contributed by atoms with Gasteiger partial charge in [0.2, 0.25) is 0 Å². The number of nitrogens with zero attached hydrogens (tertiary/aromatic N) is 1. The van der Waals surface area contributed by atoms with E-state index in [-0.39, 0.29) is 5.97 Å². The molecule has 0 radical (unpaired) electrons. The smallest absolute Gasteiger partial charge is 0.338 e. The van der Waals surface area contributed by atoms with Gasteiger partial charge in [0.25, 0.3) is 0 Å². The second-order valence-corrected chi connectivity index (χ2v) is 3.80. The van der Waals surface area contributed by atoms with E-state index in [0.717, 1.165) is 11.8 Å². The number of rotatable bonds is 4. The average Bonchev–Trinajstić information content (AvgIpc) is 2.32. The first-order valence-electron chi connectivity index (χ1n) is 5.77. The SMILES string of the molecule is C=c1c(C(=O)OCC)ccc/c1=C/N(C)CC. The van der Waals surface area contributed by atoms with Crippen LogP contribution in [0.15, 0.2) is 18.2 Å². The van der Waals surface area contributed by atoms with Gasteiger partial charge in [-0.25, -0.2) is 4.79 Å². The molecule has 0 aliphatic rings. The van der Waals surface area contributed by atoms with Crippen molar-refractivity contribution in [1.29, 1.82) is 0 Å². The van der Waals surface area contributed by atoms with Crippen LogP contribution in [0.5, 0.6) is 0 Å². The number of hydrogen-bond acceptors (Lipinski definition) is 3. The molecule has 0 saturated carbocycles. The van der Waals surface area contributed by atoms with Gasteiger partial charge in [0.05, 0.1) is 12.2 Å². The minimum absolute atomic E-state index is 0.313. The zero-order valence-electron chi connectivity index (χ0n) is 10.7. The van der Waals surface area contributed by atoms with Crippen LogP contribution in [-0.4, -0.2) is 31.1 Å². The molecule has 0 fully saturated rings. The Morgan fingerprint density at radius 3 is 2.76 bits per heavy atom. The van der Waals surface area contributed by atoms with Crippen molar-refractivity contribution in [2.24, 2.45) is 0 Å². The molecule has 0 heterocycles. The third-order valence-corrected chi connectivity index (χ3v) is 2.57. The molecule has 0 bridgehead atoms. The van der Waals surface area contributed by atoms with E-state index in [9.17, 15) is 4.79 Å². The number of esters is 1. The van der Waals surface area contributed by atoms with Crippen LogP contribution in [0.1, 0.15) is 24.2 Å². The van der Waals surface area contributed by atoms with Crippen molar-refractivity contribution in [2.75, 3.05) is 20.2 Å². The molecule has 0 unspecified atom stereocenters. The van der Waals surface area contributed by atoms with E-state index in [1.54, 1.807) is 13.0 Å².